The van der Waals surface area contributed by atoms with E-state index in [9.17, 15) is 9.90 Å². The molecule has 0 aliphatic heterocycles. The molecule has 1 aromatic heterocycles. The molecule has 0 radical (unpaired) electrons. The van der Waals surface area contributed by atoms with E-state index in [-0.39, 0.29) is 11.5 Å². The zero-order valence-corrected chi connectivity index (χ0v) is 16.1. The summed E-state index contributed by atoms with van der Waals surface area (Å²) in [4.78, 5) is 21.1. The third kappa shape index (κ3) is 3.70. The lowest BCUT2D eigenvalue weighted by Crippen LogP contribution is -2.03. The van der Waals surface area contributed by atoms with Crippen molar-refractivity contribution in [1.29, 1.82) is 0 Å². The van der Waals surface area contributed by atoms with Crippen molar-refractivity contribution in [3.63, 3.8) is 0 Å². The number of rotatable bonds is 5. The minimum atomic E-state index is -0.144. The van der Waals surface area contributed by atoms with Crippen LogP contribution in [0.25, 0.3) is 10.9 Å². The minimum Gasteiger partial charge on any atom is -0.504 e. The van der Waals surface area contributed by atoms with Gasteiger partial charge in [0.15, 0.2) is 17.3 Å². The molecule has 0 spiro atoms. The molecule has 0 fully saturated rings. The maximum Gasteiger partial charge on any atom is 0.194 e. The molecule has 1 heterocycles. The van der Waals surface area contributed by atoms with Gasteiger partial charge in [-0.15, -0.1) is 0 Å². The summed E-state index contributed by atoms with van der Waals surface area (Å²) in [7, 11) is 1.47. The van der Waals surface area contributed by atoms with Gasteiger partial charge in [-0.05, 0) is 24.3 Å². The number of nitrogens with one attached hydrogen (secondary N) is 1. The summed E-state index contributed by atoms with van der Waals surface area (Å²) in [6, 6.07) is 17.2. The summed E-state index contributed by atoms with van der Waals surface area (Å²) in [5.74, 6) is 0.690. The number of halogens is 1. The van der Waals surface area contributed by atoms with Crippen molar-refractivity contribution < 1.29 is 14.6 Å². The number of hydrogen-bond donors (Lipinski definition) is 2. The zero-order valence-electron chi connectivity index (χ0n) is 15.4. The number of carbonyl (C=O) groups is 1. The number of aromatic hydroxyl groups is 1. The number of nitrogens with zero attached hydrogens (tertiary/aromatic N) is 2. The van der Waals surface area contributed by atoms with E-state index in [4.69, 9.17) is 16.3 Å². The number of ether oxygens (including phenoxy) is 1. The van der Waals surface area contributed by atoms with Crippen molar-refractivity contribution in [2.45, 2.75) is 0 Å². The van der Waals surface area contributed by atoms with Crippen molar-refractivity contribution in [1.82, 2.24) is 9.97 Å². The van der Waals surface area contributed by atoms with E-state index in [2.05, 4.69) is 15.3 Å². The Morgan fingerprint density at radius 2 is 1.86 bits per heavy atom. The lowest BCUT2D eigenvalue weighted by molar-refractivity contribution is 0.103. The number of ketones is 1. The normalized spacial score (nSPS) is 10.7. The average molecular weight is 406 g/mol. The molecule has 3 aromatic carbocycles. The van der Waals surface area contributed by atoms with Crippen LogP contribution in [0.2, 0.25) is 5.02 Å². The van der Waals surface area contributed by atoms with Gasteiger partial charge in [-0.3, -0.25) is 4.79 Å². The average Bonchev–Trinajstić information content (AvgIpc) is 2.74. The number of phenols is 1. The first-order valence-electron chi connectivity index (χ1n) is 8.75. The number of carbonyl (C=O) groups excluding carboxylic acids is 1. The summed E-state index contributed by atoms with van der Waals surface area (Å²) in [5.41, 5.74) is 2.21. The summed E-state index contributed by atoms with van der Waals surface area (Å²) >= 11 is 6.38. The molecule has 4 rings (SSSR count). The topological polar surface area (TPSA) is 84.3 Å². The largest absolute Gasteiger partial charge is 0.504 e. The first-order valence-corrected chi connectivity index (χ1v) is 9.12. The van der Waals surface area contributed by atoms with Crippen LogP contribution in [0.5, 0.6) is 11.5 Å². The summed E-state index contributed by atoms with van der Waals surface area (Å²) in [6.45, 7) is 0. The molecule has 2 N–H and O–H groups in total. The number of anilines is 2. The highest BCUT2D eigenvalue weighted by Gasteiger charge is 2.14. The molecule has 0 amide bonds. The molecule has 144 valence electrons. The van der Waals surface area contributed by atoms with E-state index in [1.165, 1.54) is 19.5 Å². The quantitative estimate of drug-likeness (QED) is 0.456. The maximum atomic E-state index is 12.7. The van der Waals surface area contributed by atoms with Gasteiger partial charge in [0, 0.05) is 28.3 Å². The third-order valence-electron chi connectivity index (χ3n) is 4.45. The molecule has 0 bridgehead atoms. The maximum absolute atomic E-state index is 12.7. The Bertz CT molecular complexity index is 1210. The number of fused-ring (bicyclic) bond motifs is 1. The molecule has 0 aliphatic carbocycles. The highest BCUT2D eigenvalue weighted by Crippen LogP contribution is 2.34. The predicted molar refractivity (Wildman–Crippen MR) is 112 cm³/mol. The van der Waals surface area contributed by atoms with Crippen molar-refractivity contribution in [3.05, 3.63) is 83.1 Å². The number of benzene rings is 3. The Labute approximate surface area is 171 Å². The third-order valence-corrected chi connectivity index (χ3v) is 4.76. The van der Waals surface area contributed by atoms with Crippen LogP contribution in [0, 0.1) is 0 Å². The molecular formula is C22H16ClN3O3. The number of methoxy groups -OCH3 is 1. The highest BCUT2D eigenvalue weighted by molar-refractivity contribution is 6.35. The molecule has 0 aliphatic rings. The van der Waals surface area contributed by atoms with Crippen molar-refractivity contribution in [3.8, 4) is 11.5 Å². The van der Waals surface area contributed by atoms with E-state index >= 15 is 0 Å². The molecule has 0 unspecified atom stereocenters. The Morgan fingerprint density at radius 3 is 2.59 bits per heavy atom. The summed E-state index contributed by atoms with van der Waals surface area (Å²) in [6.07, 6.45) is 1.39. The fraction of sp³-hybridized carbons (Fsp3) is 0.0455. The van der Waals surface area contributed by atoms with Gasteiger partial charge >= 0.3 is 0 Å². The molecule has 0 atom stereocenters. The number of aromatic nitrogens is 2. The summed E-state index contributed by atoms with van der Waals surface area (Å²) < 4.78 is 5.17. The standard InChI is InChI=1S/C22H16ClN3O3/c1-29-20-10-16-18(11-19(20)27)24-12-25-22(16)26-14-7-8-15(17(23)9-14)21(28)13-5-3-2-4-6-13/h2-12,27H,1H3,(H,24,25,26). The Hall–Kier alpha value is -3.64. The van der Waals surface area contributed by atoms with Crippen LogP contribution in [0.3, 0.4) is 0 Å². The van der Waals surface area contributed by atoms with Gasteiger partial charge in [-0.1, -0.05) is 41.9 Å². The fourth-order valence-corrected chi connectivity index (χ4v) is 3.26. The van der Waals surface area contributed by atoms with Crippen molar-refractivity contribution in [2.75, 3.05) is 12.4 Å². The van der Waals surface area contributed by atoms with Crippen LogP contribution in [0.1, 0.15) is 15.9 Å². The van der Waals surface area contributed by atoms with Crippen LogP contribution in [0.4, 0.5) is 11.5 Å². The Kier molecular flexibility index (Phi) is 5.01. The van der Waals surface area contributed by atoms with E-state index in [0.29, 0.717) is 44.3 Å². The molecule has 7 heteroatoms. The van der Waals surface area contributed by atoms with E-state index < -0.39 is 0 Å². The summed E-state index contributed by atoms with van der Waals surface area (Å²) in [5, 5.41) is 14.1. The second-order valence-corrected chi connectivity index (χ2v) is 6.69. The van der Waals surface area contributed by atoms with Crippen LogP contribution in [0.15, 0.2) is 67.0 Å². The van der Waals surface area contributed by atoms with Crippen molar-refractivity contribution >= 4 is 39.8 Å². The smallest absolute Gasteiger partial charge is 0.194 e. The Balaban J connectivity index is 1.67. The van der Waals surface area contributed by atoms with Crippen LogP contribution in [-0.4, -0.2) is 28.0 Å². The first kappa shape index (κ1) is 18.7. The highest BCUT2D eigenvalue weighted by atomic mass is 35.5. The van der Waals surface area contributed by atoms with Crippen molar-refractivity contribution in [2.24, 2.45) is 0 Å². The lowest BCUT2D eigenvalue weighted by atomic mass is 10.0. The van der Waals surface area contributed by atoms with Gasteiger partial charge in [0.05, 0.1) is 17.6 Å². The number of hydrogen-bond acceptors (Lipinski definition) is 6. The molecule has 0 saturated carbocycles. The van der Waals surface area contributed by atoms with Crippen LogP contribution in [-0.2, 0) is 0 Å². The van der Waals surface area contributed by atoms with E-state index in [0.717, 1.165) is 0 Å². The van der Waals surface area contributed by atoms with Gasteiger partial charge in [-0.2, -0.15) is 0 Å². The lowest BCUT2D eigenvalue weighted by Gasteiger charge is -2.12. The second kappa shape index (κ2) is 7.77. The molecule has 6 nitrogen and oxygen atoms in total. The second-order valence-electron chi connectivity index (χ2n) is 6.28. The van der Waals surface area contributed by atoms with Gasteiger partial charge in [0.2, 0.25) is 0 Å². The van der Waals surface area contributed by atoms with Gasteiger partial charge in [0.25, 0.3) is 0 Å². The SMILES string of the molecule is COc1cc2c(Nc3ccc(C(=O)c4ccccc4)c(Cl)c3)ncnc2cc1O. The van der Waals surface area contributed by atoms with E-state index in [1.807, 2.05) is 18.2 Å². The van der Waals surface area contributed by atoms with Crippen LogP contribution >= 0.6 is 11.6 Å². The van der Waals surface area contributed by atoms with Gasteiger partial charge in [-0.25, -0.2) is 9.97 Å². The number of phenolic OH excluding ortho intramolecular Hbond substituents is 1. The van der Waals surface area contributed by atoms with Crippen LogP contribution < -0.4 is 10.1 Å². The van der Waals surface area contributed by atoms with Gasteiger partial charge < -0.3 is 15.2 Å². The Morgan fingerprint density at radius 1 is 1.07 bits per heavy atom. The molecule has 0 saturated heterocycles. The molecule has 29 heavy (non-hydrogen) atoms. The molecule has 4 aromatic rings. The minimum absolute atomic E-state index is 0.00327. The van der Waals surface area contributed by atoms with Gasteiger partial charge in [0.1, 0.15) is 12.1 Å². The molecular weight excluding hydrogens is 390 g/mol. The first-order chi connectivity index (χ1) is 14.1. The fourth-order valence-electron chi connectivity index (χ4n) is 2.99. The monoisotopic (exact) mass is 405 g/mol. The zero-order chi connectivity index (χ0) is 20.4. The predicted octanol–water partition coefficient (Wildman–Crippen LogP) is 4.97. The van der Waals surface area contributed by atoms with E-state index in [1.54, 1.807) is 36.4 Å².